The SMILES string of the molecule is CC(=O)OC1CCC(N(C)C(=O)Cc2ccc(Cl)c(Cl)c2)C(N2CCCC2)C1.Cl. The van der Waals surface area contributed by atoms with E-state index in [1.807, 2.05) is 18.0 Å². The minimum Gasteiger partial charge on any atom is -0.462 e. The second-order valence-electron chi connectivity index (χ2n) is 7.85. The van der Waals surface area contributed by atoms with Gasteiger partial charge in [0.2, 0.25) is 5.91 Å². The molecule has 1 saturated heterocycles. The number of esters is 1. The molecule has 29 heavy (non-hydrogen) atoms. The largest absolute Gasteiger partial charge is 0.462 e. The fraction of sp³-hybridized carbons (Fsp3) is 0.619. The Labute approximate surface area is 189 Å². The second-order valence-corrected chi connectivity index (χ2v) is 8.67. The molecule has 0 radical (unpaired) electrons. The molecule has 1 aromatic carbocycles. The first-order chi connectivity index (χ1) is 13.3. The molecule has 3 unspecified atom stereocenters. The Morgan fingerprint density at radius 2 is 1.86 bits per heavy atom. The molecule has 1 heterocycles. The summed E-state index contributed by atoms with van der Waals surface area (Å²) in [7, 11) is 1.89. The van der Waals surface area contributed by atoms with Gasteiger partial charge in [-0.1, -0.05) is 29.3 Å². The van der Waals surface area contributed by atoms with Crippen LogP contribution in [0.3, 0.4) is 0 Å². The van der Waals surface area contributed by atoms with Gasteiger partial charge in [-0.25, -0.2) is 0 Å². The van der Waals surface area contributed by atoms with E-state index < -0.39 is 0 Å². The summed E-state index contributed by atoms with van der Waals surface area (Å²) in [4.78, 5) is 28.7. The van der Waals surface area contributed by atoms with Crippen molar-refractivity contribution in [3.05, 3.63) is 33.8 Å². The summed E-state index contributed by atoms with van der Waals surface area (Å²) in [6, 6.07) is 5.67. The zero-order chi connectivity index (χ0) is 20.3. The van der Waals surface area contributed by atoms with E-state index in [2.05, 4.69) is 4.90 Å². The zero-order valence-electron chi connectivity index (χ0n) is 16.9. The number of hydrogen-bond acceptors (Lipinski definition) is 4. The molecule has 0 spiro atoms. The van der Waals surface area contributed by atoms with Crippen molar-refractivity contribution in [3.63, 3.8) is 0 Å². The third kappa shape index (κ3) is 6.24. The molecule has 0 N–H and O–H groups in total. The molecule has 1 amide bonds. The lowest BCUT2D eigenvalue weighted by molar-refractivity contribution is -0.151. The fourth-order valence-corrected chi connectivity index (χ4v) is 4.81. The maximum absolute atomic E-state index is 13.0. The number of likely N-dealkylation sites (tertiary alicyclic amines) is 1. The van der Waals surface area contributed by atoms with Gasteiger partial charge in [0, 0.05) is 32.5 Å². The van der Waals surface area contributed by atoms with Crippen LogP contribution in [0.2, 0.25) is 10.0 Å². The van der Waals surface area contributed by atoms with Gasteiger partial charge >= 0.3 is 5.97 Å². The highest BCUT2D eigenvalue weighted by atomic mass is 35.5. The number of benzene rings is 1. The molecule has 3 atom stereocenters. The third-order valence-electron chi connectivity index (χ3n) is 5.91. The maximum Gasteiger partial charge on any atom is 0.302 e. The van der Waals surface area contributed by atoms with Crippen LogP contribution < -0.4 is 0 Å². The van der Waals surface area contributed by atoms with Gasteiger partial charge in [-0.05, 0) is 56.5 Å². The van der Waals surface area contributed by atoms with Crippen LogP contribution in [0.5, 0.6) is 0 Å². The van der Waals surface area contributed by atoms with Crippen LogP contribution >= 0.6 is 35.6 Å². The first kappa shape index (κ1) is 24.3. The summed E-state index contributed by atoms with van der Waals surface area (Å²) in [6.07, 6.45) is 5.02. The van der Waals surface area contributed by atoms with Gasteiger partial charge in [0.05, 0.1) is 16.5 Å². The number of hydrogen-bond donors (Lipinski definition) is 0. The minimum atomic E-state index is -0.229. The predicted molar refractivity (Wildman–Crippen MR) is 118 cm³/mol. The van der Waals surface area contributed by atoms with Crippen molar-refractivity contribution in [1.82, 2.24) is 9.80 Å². The Kier molecular flexibility index (Phi) is 9.08. The quantitative estimate of drug-likeness (QED) is 0.609. The number of carbonyl (C=O) groups excluding carboxylic acids is 2. The molecule has 3 rings (SSSR count). The Morgan fingerprint density at radius 3 is 2.48 bits per heavy atom. The molecule has 2 fully saturated rings. The topological polar surface area (TPSA) is 49.9 Å². The van der Waals surface area contributed by atoms with Gasteiger partial charge in [0.25, 0.3) is 0 Å². The van der Waals surface area contributed by atoms with Crippen LogP contribution in [0.25, 0.3) is 0 Å². The van der Waals surface area contributed by atoms with Gasteiger partial charge in [-0.15, -0.1) is 12.4 Å². The first-order valence-corrected chi connectivity index (χ1v) is 10.7. The van der Waals surface area contributed by atoms with Crippen LogP contribution in [0.15, 0.2) is 18.2 Å². The van der Waals surface area contributed by atoms with E-state index >= 15 is 0 Å². The standard InChI is InChI=1S/C21H28Cl2N2O3.ClH/c1-14(26)28-16-6-8-19(20(13-16)25-9-3-4-10-25)24(2)21(27)12-15-5-7-17(22)18(23)11-15;/h5,7,11,16,19-20H,3-4,6,8-10,12-13H2,1-2H3;1H. The molecule has 1 aromatic rings. The normalized spacial score (nSPS) is 24.6. The lowest BCUT2D eigenvalue weighted by atomic mass is 9.86. The molecular weight excluding hydrogens is 435 g/mol. The number of likely N-dealkylation sites (N-methyl/N-ethyl adjacent to an activating group) is 1. The molecule has 0 aromatic heterocycles. The maximum atomic E-state index is 13.0. The summed E-state index contributed by atoms with van der Waals surface area (Å²) in [6.45, 7) is 3.55. The van der Waals surface area contributed by atoms with Gasteiger partial charge in [0.15, 0.2) is 0 Å². The van der Waals surface area contributed by atoms with Gasteiger partial charge in [0.1, 0.15) is 6.10 Å². The van der Waals surface area contributed by atoms with E-state index in [4.69, 9.17) is 27.9 Å². The van der Waals surface area contributed by atoms with E-state index in [1.165, 1.54) is 19.8 Å². The lowest BCUT2D eigenvalue weighted by Crippen LogP contribution is -2.56. The Balaban J connectivity index is 0.00000300. The van der Waals surface area contributed by atoms with E-state index in [0.29, 0.717) is 16.5 Å². The van der Waals surface area contributed by atoms with E-state index in [0.717, 1.165) is 37.9 Å². The van der Waals surface area contributed by atoms with Crippen LogP contribution in [0.1, 0.15) is 44.6 Å². The van der Waals surface area contributed by atoms with Crippen LogP contribution in [-0.2, 0) is 20.7 Å². The molecule has 5 nitrogen and oxygen atoms in total. The van der Waals surface area contributed by atoms with Crippen molar-refractivity contribution >= 4 is 47.5 Å². The highest BCUT2D eigenvalue weighted by molar-refractivity contribution is 6.42. The molecule has 162 valence electrons. The van der Waals surface area contributed by atoms with Gasteiger partial charge < -0.3 is 9.64 Å². The van der Waals surface area contributed by atoms with Crippen molar-refractivity contribution in [2.75, 3.05) is 20.1 Å². The van der Waals surface area contributed by atoms with Crippen molar-refractivity contribution < 1.29 is 14.3 Å². The summed E-state index contributed by atoms with van der Waals surface area (Å²) >= 11 is 12.1. The molecule has 1 aliphatic heterocycles. The number of rotatable bonds is 5. The van der Waals surface area contributed by atoms with Crippen molar-refractivity contribution in [3.8, 4) is 0 Å². The van der Waals surface area contributed by atoms with Crippen molar-refractivity contribution in [2.24, 2.45) is 0 Å². The van der Waals surface area contributed by atoms with Crippen LogP contribution in [0, 0.1) is 0 Å². The third-order valence-corrected chi connectivity index (χ3v) is 6.64. The van der Waals surface area contributed by atoms with E-state index in [-0.39, 0.29) is 42.5 Å². The molecule has 0 bridgehead atoms. The molecule has 8 heteroatoms. The van der Waals surface area contributed by atoms with E-state index in [9.17, 15) is 9.59 Å². The highest BCUT2D eigenvalue weighted by Gasteiger charge is 2.39. The monoisotopic (exact) mass is 462 g/mol. The van der Waals surface area contributed by atoms with E-state index in [1.54, 1.807) is 12.1 Å². The number of nitrogens with zero attached hydrogens (tertiary/aromatic N) is 2. The average molecular weight is 464 g/mol. The second kappa shape index (κ2) is 10.9. The summed E-state index contributed by atoms with van der Waals surface area (Å²) < 4.78 is 5.49. The Morgan fingerprint density at radius 1 is 1.17 bits per heavy atom. The number of ether oxygens (including phenoxy) is 1. The summed E-state index contributed by atoms with van der Waals surface area (Å²) in [5.41, 5.74) is 0.859. The van der Waals surface area contributed by atoms with Gasteiger partial charge in [-0.3, -0.25) is 14.5 Å². The highest BCUT2D eigenvalue weighted by Crippen LogP contribution is 2.31. The smallest absolute Gasteiger partial charge is 0.302 e. The number of amides is 1. The average Bonchev–Trinajstić information content (AvgIpc) is 3.18. The summed E-state index contributed by atoms with van der Waals surface area (Å²) in [5.74, 6) is -0.161. The lowest BCUT2D eigenvalue weighted by Gasteiger charge is -2.44. The molecule has 1 aliphatic carbocycles. The van der Waals surface area contributed by atoms with Crippen LogP contribution in [-0.4, -0.2) is 60.0 Å². The van der Waals surface area contributed by atoms with Crippen molar-refractivity contribution in [2.45, 2.75) is 63.6 Å². The van der Waals surface area contributed by atoms with Crippen LogP contribution in [0.4, 0.5) is 0 Å². The number of halogens is 3. The van der Waals surface area contributed by atoms with Gasteiger partial charge in [-0.2, -0.15) is 0 Å². The zero-order valence-corrected chi connectivity index (χ0v) is 19.2. The van der Waals surface area contributed by atoms with Crippen molar-refractivity contribution in [1.29, 1.82) is 0 Å². The number of carbonyl (C=O) groups is 2. The summed E-state index contributed by atoms with van der Waals surface area (Å²) in [5, 5.41) is 0.954. The predicted octanol–water partition coefficient (Wildman–Crippen LogP) is 4.36. The first-order valence-electron chi connectivity index (χ1n) is 9.96. The fourth-order valence-electron chi connectivity index (χ4n) is 4.49. The minimum absolute atomic E-state index is 0. The molecule has 2 aliphatic rings. The molecule has 1 saturated carbocycles. The molecular formula is C21H29Cl3N2O3. The Bertz CT molecular complexity index is 725. The Hall–Kier alpha value is -1.01.